The van der Waals surface area contributed by atoms with Gasteiger partial charge >= 0.3 is 0 Å². The van der Waals surface area contributed by atoms with Gasteiger partial charge in [0.05, 0.1) is 0 Å². The Labute approximate surface area is 70.3 Å². The van der Waals surface area contributed by atoms with Crippen LogP contribution >= 0.6 is 0 Å². The molecular formula is C11H18. The molecule has 1 aromatic rings. The molecule has 0 bridgehead atoms. The summed E-state index contributed by atoms with van der Waals surface area (Å²) in [6.07, 6.45) is 2.45. The van der Waals surface area contributed by atoms with Crippen molar-refractivity contribution >= 4 is 0 Å². The molecule has 0 atom stereocenters. The van der Waals surface area contributed by atoms with Gasteiger partial charge < -0.3 is 0 Å². The molecule has 0 aliphatic rings. The van der Waals surface area contributed by atoms with Gasteiger partial charge in [0.15, 0.2) is 0 Å². The van der Waals surface area contributed by atoms with Crippen LogP contribution in [0.3, 0.4) is 0 Å². The average molecular weight is 150 g/mol. The molecule has 0 saturated heterocycles. The van der Waals surface area contributed by atoms with Gasteiger partial charge in [0.25, 0.3) is 0 Å². The maximum atomic E-state index is 2.21. The molecule has 0 spiro atoms. The molecule has 0 N–H and O–H groups in total. The van der Waals surface area contributed by atoms with Crippen LogP contribution in [0, 0.1) is 6.92 Å². The van der Waals surface area contributed by atoms with E-state index in [1.807, 2.05) is 0 Å². The molecular weight excluding hydrogens is 132 g/mol. The summed E-state index contributed by atoms with van der Waals surface area (Å²) in [7, 11) is 0. The van der Waals surface area contributed by atoms with E-state index < -0.39 is 0 Å². The fourth-order valence-electron chi connectivity index (χ4n) is 1.04. The van der Waals surface area contributed by atoms with Crippen LogP contribution in [0.2, 0.25) is 0 Å². The second-order valence-electron chi connectivity index (χ2n) is 2.74. The Morgan fingerprint density at radius 3 is 2.09 bits per heavy atom. The maximum Gasteiger partial charge on any atom is -0.0281 e. The summed E-state index contributed by atoms with van der Waals surface area (Å²) in [5, 5.41) is 0. The van der Waals surface area contributed by atoms with Gasteiger partial charge in [-0.3, -0.25) is 0 Å². The van der Waals surface area contributed by atoms with Gasteiger partial charge in [-0.15, -0.1) is 0 Å². The first-order valence-electron chi connectivity index (χ1n) is 3.88. The SMILES string of the molecule is C.CCCc1ccc(C)cc1. The van der Waals surface area contributed by atoms with Gasteiger partial charge in [0.2, 0.25) is 0 Å². The monoisotopic (exact) mass is 150 g/mol. The van der Waals surface area contributed by atoms with E-state index in [1.165, 1.54) is 24.0 Å². The summed E-state index contributed by atoms with van der Waals surface area (Å²) in [6.45, 7) is 4.33. The van der Waals surface area contributed by atoms with E-state index in [4.69, 9.17) is 0 Å². The Balaban J connectivity index is 0.000001000. The van der Waals surface area contributed by atoms with Crippen molar-refractivity contribution in [1.29, 1.82) is 0 Å². The third kappa shape index (κ3) is 3.22. The predicted molar refractivity (Wildman–Crippen MR) is 51.9 cm³/mol. The van der Waals surface area contributed by atoms with Crippen molar-refractivity contribution < 1.29 is 0 Å². The summed E-state index contributed by atoms with van der Waals surface area (Å²) >= 11 is 0. The minimum absolute atomic E-state index is 0. The van der Waals surface area contributed by atoms with Crippen molar-refractivity contribution in [2.75, 3.05) is 0 Å². The molecule has 11 heavy (non-hydrogen) atoms. The molecule has 0 amide bonds. The molecule has 0 nitrogen and oxygen atoms in total. The Hall–Kier alpha value is -0.780. The van der Waals surface area contributed by atoms with Crippen molar-refractivity contribution in [1.82, 2.24) is 0 Å². The highest BCUT2D eigenvalue weighted by atomic mass is 13.9. The molecule has 1 aromatic carbocycles. The van der Waals surface area contributed by atoms with Crippen LogP contribution in [0.1, 0.15) is 31.9 Å². The van der Waals surface area contributed by atoms with Crippen LogP contribution in [-0.4, -0.2) is 0 Å². The molecule has 0 fully saturated rings. The zero-order chi connectivity index (χ0) is 7.40. The fourth-order valence-corrected chi connectivity index (χ4v) is 1.04. The second kappa shape index (κ2) is 4.95. The van der Waals surface area contributed by atoms with E-state index in [-0.39, 0.29) is 7.43 Å². The number of hydrogen-bond acceptors (Lipinski definition) is 0. The molecule has 0 radical (unpaired) electrons. The first-order chi connectivity index (χ1) is 4.83. The Morgan fingerprint density at radius 1 is 1.09 bits per heavy atom. The quantitative estimate of drug-likeness (QED) is 0.604. The average Bonchev–Trinajstić information content (AvgIpc) is 1.95. The van der Waals surface area contributed by atoms with Crippen LogP contribution in [0.15, 0.2) is 24.3 Å². The van der Waals surface area contributed by atoms with Gasteiger partial charge in [-0.05, 0) is 18.9 Å². The van der Waals surface area contributed by atoms with Crippen molar-refractivity contribution in [2.24, 2.45) is 0 Å². The summed E-state index contributed by atoms with van der Waals surface area (Å²) in [6, 6.07) is 8.76. The zero-order valence-electron chi connectivity index (χ0n) is 6.72. The van der Waals surface area contributed by atoms with Crippen LogP contribution in [0.25, 0.3) is 0 Å². The standard InChI is InChI=1S/C10H14.CH4/c1-3-4-10-7-5-9(2)6-8-10;/h5-8H,3-4H2,1-2H3;1H4. The maximum absolute atomic E-state index is 2.21. The third-order valence-electron chi connectivity index (χ3n) is 1.66. The second-order valence-corrected chi connectivity index (χ2v) is 2.74. The Kier molecular flexibility index (Phi) is 4.60. The van der Waals surface area contributed by atoms with Crippen molar-refractivity contribution in [3.05, 3.63) is 35.4 Å². The van der Waals surface area contributed by atoms with E-state index in [9.17, 15) is 0 Å². The zero-order valence-corrected chi connectivity index (χ0v) is 6.72. The lowest BCUT2D eigenvalue weighted by Gasteiger charge is -1.97. The predicted octanol–water partition coefficient (Wildman–Crippen LogP) is 3.58. The summed E-state index contributed by atoms with van der Waals surface area (Å²) in [5.41, 5.74) is 2.80. The van der Waals surface area contributed by atoms with Gasteiger partial charge in [0.1, 0.15) is 0 Å². The van der Waals surface area contributed by atoms with Gasteiger partial charge in [-0.2, -0.15) is 0 Å². The molecule has 0 aliphatic heterocycles. The van der Waals surface area contributed by atoms with Gasteiger partial charge in [-0.1, -0.05) is 50.6 Å². The van der Waals surface area contributed by atoms with Crippen LogP contribution < -0.4 is 0 Å². The highest BCUT2D eigenvalue weighted by molar-refractivity contribution is 5.21. The lowest BCUT2D eigenvalue weighted by atomic mass is 10.1. The minimum Gasteiger partial charge on any atom is -0.0776 e. The first-order valence-corrected chi connectivity index (χ1v) is 3.88. The molecule has 1 rings (SSSR count). The highest BCUT2D eigenvalue weighted by Crippen LogP contribution is 2.04. The topological polar surface area (TPSA) is 0 Å². The van der Waals surface area contributed by atoms with E-state index in [1.54, 1.807) is 0 Å². The van der Waals surface area contributed by atoms with Crippen LogP contribution in [0.5, 0.6) is 0 Å². The van der Waals surface area contributed by atoms with Crippen LogP contribution in [-0.2, 0) is 6.42 Å². The number of benzene rings is 1. The van der Waals surface area contributed by atoms with Crippen molar-refractivity contribution in [3.8, 4) is 0 Å². The number of rotatable bonds is 2. The minimum atomic E-state index is 0. The van der Waals surface area contributed by atoms with E-state index in [2.05, 4.69) is 38.1 Å². The first kappa shape index (κ1) is 10.2. The number of aryl methyl sites for hydroxylation is 2. The largest absolute Gasteiger partial charge is 0.0776 e. The molecule has 0 aromatic heterocycles. The highest BCUT2D eigenvalue weighted by Gasteiger charge is 1.87. The molecule has 0 saturated carbocycles. The van der Waals surface area contributed by atoms with E-state index in [0.717, 1.165) is 0 Å². The smallest absolute Gasteiger partial charge is 0.0281 e. The molecule has 0 heterocycles. The number of hydrogen-bond donors (Lipinski definition) is 0. The van der Waals surface area contributed by atoms with Crippen LogP contribution in [0.4, 0.5) is 0 Å². The molecule has 62 valence electrons. The van der Waals surface area contributed by atoms with E-state index in [0.29, 0.717) is 0 Å². The molecule has 0 heteroatoms. The Morgan fingerprint density at radius 2 is 1.64 bits per heavy atom. The lowest BCUT2D eigenvalue weighted by molar-refractivity contribution is 0.921. The Bertz CT molecular complexity index is 184. The van der Waals surface area contributed by atoms with Crippen molar-refractivity contribution in [2.45, 2.75) is 34.1 Å². The molecule has 0 unspecified atom stereocenters. The normalized spacial score (nSPS) is 8.91. The fraction of sp³-hybridized carbons (Fsp3) is 0.455. The summed E-state index contributed by atoms with van der Waals surface area (Å²) in [5.74, 6) is 0. The lowest BCUT2D eigenvalue weighted by Crippen LogP contribution is -1.81. The third-order valence-corrected chi connectivity index (χ3v) is 1.66. The summed E-state index contributed by atoms with van der Waals surface area (Å²) < 4.78 is 0. The van der Waals surface area contributed by atoms with Gasteiger partial charge in [-0.25, -0.2) is 0 Å². The van der Waals surface area contributed by atoms with E-state index >= 15 is 0 Å². The van der Waals surface area contributed by atoms with Gasteiger partial charge in [0, 0.05) is 0 Å². The van der Waals surface area contributed by atoms with Crippen molar-refractivity contribution in [3.63, 3.8) is 0 Å². The summed E-state index contributed by atoms with van der Waals surface area (Å²) in [4.78, 5) is 0. The molecule has 0 aliphatic carbocycles.